The molecule has 0 spiro atoms. The summed E-state index contributed by atoms with van der Waals surface area (Å²) in [4.78, 5) is 10.6. The molecule has 0 saturated carbocycles. The van der Waals surface area contributed by atoms with Crippen molar-refractivity contribution < 1.29 is 14.4 Å². The average Bonchev–Trinajstić information content (AvgIpc) is 2.52. The molecule has 1 atom stereocenters. The molecule has 6 heteroatoms. The number of ether oxygens (including phenoxy) is 2. The number of nitrogens with two attached hydrogens (primary N) is 1. The first-order valence-corrected chi connectivity index (χ1v) is 7.29. The van der Waals surface area contributed by atoms with E-state index < -0.39 is 4.92 Å². The average molecular weight is 316 g/mol. The molecule has 2 aromatic carbocycles. The summed E-state index contributed by atoms with van der Waals surface area (Å²) < 4.78 is 11.0. The van der Waals surface area contributed by atoms with Crippen LogP contribution in [0, 0.1) is 10.1 Å². The number of hydrogen-bond acceptors (Lipinski definition) is 5. The monoisotopic (exact) mass is 316 g/mol. The topological polar surface area (TPSA) is 87.6 Å². The van der Waals surface area contributed by atoms with Gasteiger partial charge in [0.25, 0.3) is 0 Å². The summed E-state index contributed by atoms with van der Waals surface area (Å²) >= 11 is 0. The van der Waals surface area contributed by atoms with Gasteiger partial charge in [0.1, 0.15) is 12.4 Å². The van der Waals surface area contributed by atoms with E-state index in [1.54, 1.807) is 25.3 Å². The summed E-state index contributed by atoms with van der Waals surface area (Å²) in [6.45, 7) is 2.12. The second-order valence-electron chi connectivity index (χ2n) is 5.34. The van der Waals surface area contributed by atoms with Gasteiger partial charge >= 0.3 is 5.69 Å². The van der Waals surface area contributed by atoms with Crippen LogP contribution in [0.2, 0.25) is 0 Å². The molecular formula is C17H20N2O4. The van der Waals surface area contributed by atoms with Crippen molar-refractivity contribution in [3.63, 3.8) is 0 Å². The van der Waals surface area contributed by atoms with E-state index in [0.717, 1.165) is 17.5 Å². The highest BCUT2D eigenvalue weighted by atomic mass is 16.6. The third kappa shape index (κ3) is 4.43. The van der Waals surface area contributed by atoms with E-state index in [2.05, 4.69) is 0 Å². The zero-order valence-electron chi connectivity index (χ0n) is 13.2. The van der Waals surface area contributed by atoms with Crippen LogP contribution < -0.4 is 15.2 Å². The predicted molar refractivity (Wildman–Crippen MR) is 87.8 cm³/mol. The quantitative estimate of drug-likeness (QED) is 0.626. The van der Waals surface area contributed by atoms with Crippen molar-refractivity contribution in [3.05, 3.63) is 63.7 Å². The highest BCUT2D eigenvalue weighted by Crippen LogP contribution is 2.28. The molecule has 2 aromatic rings. The lowest BCUT2D eigenvalue weighted by atomic mass is 10.0. The molecule has 0 radical (unpaired) electrons. The van der Waals surface area contributed by atoms with Crippen LogP contribution in [0.25, 0.3) is 0 Å². The van der Waals surface area contributed by atoms with Gasteiger partial charge in [0.15, 0.2) is 5.75 Å². The van der Waals surface area contributed by atoms with Crippen molar-refractivity contribution in [1.29, 1.82) is 0 Å². The summed E-state index contributed by atoms with van der Waals surface area (Å²) in [5.41, 5.74) is 7.66. The molecule has 2 rings (SSSR count). The first-order chi connectivity index (χ1) is 11.0. The second-order valence-corrected chi connectivity index (χ2v) is 5.34. The maximum atomic E-state index is 11.0. The van der Waals surface area contributed by atoms with Crippen LogP contribution in [0.15, 0.2) is 42.5 Å². The SMILES string of the molecule is COc1ccc(CC(C)N)cc1COc1ccccc1[N+](=O)[O-]. The van der Waals surface area contributed by atoms with E-state index >= 15 is 0 Å². The lowest BCUT2D eigenvalue weighted by Gasteiger charge is -2.13. The Morgan fingerprint density at radius 3 is 2.61 bits per heavy atom. The Kier molecular flexibility index (Phi) is 5.54. The smallest absolute Gasteiger partial charge is 0.310 e. The minimum atomic E-state index is -0.459. The van der Waals surface area contributed by atoms with Crippen LogP contribution in [0.1, 0.15) is 18.1 Å². The summed E-state index contributed by atoms with van der Waals surface area (Å²) in [6.07, 6.45) is 0.739. The van der Waals surface area contributed by atoms with E-state index in [4.69, 9.17) is 15.2 Å². The van der Waals surface area contributed by atoms with E-state index in [9.17, 15) is 10.1 Å². The van der Waals surface area contributed by atoms with Crippen molar-refractivity contribution in [1.82, 2.24) is 0 Å². The summed E-state index contributed by atoms with van der Waals surface area (Å²) in [7, 11) is 1.58. The van der Waals surface area contributed by atoms with E-state index in [1.165, 1.54) is 6.07 Å². The molecule has 0 aliphatic carbocycles. The Balaban J connectivity index is 2.21. The van der Waals surface area contributed by atoms with Gasteiger partial charge < -0.3 is 15.2 Å². The molecule has 0 aliphatic heterocycles. The molecule has 0 bridgehead atoms. The van der Waals surface area contributed by atoms with Crippen LogP contribution in [0.5, 0.6) is 11.5 Å². The molecule has 1 unspecified atom stereocenters. The van der Waals surface area contributed by atoms with Crippen molar-refractivity contribution >= 4 is 5.69 Å². The van der Waals surface area contributed by atoms with Gasteiger partial charge in [-0.3, -0.25) is 10.1 Å². The molecule has 2 N–H and O–H groups in total. The van der Waals surface area contributed by atoms with Crippen molar-refractivity contribution in [2.24, 2.45) is 5.73 Å². The predicted octanol–water partition coefficient (Wildman–Crippen LogP) is 3.07. The zero-order chi connectivity index (χ0) is 16.8. The fourth-order valence-corrected chi connectivity index (χ4v) is 2.33. The lowest BCUT2D eigenvalue weighted by Crippen LogP contribution is -2.17. The minimum Gasteiger partial charge on any atom is -0.496 e. The summed E-state index contributed by atoms with van der Waals surface area (Å²) in [5.74, 6) is 0.911. The number of rotatable bonds is 7. The first kappa shape index (κ1) is 16.8. The zero-order valence-corrected chi connectivity index (χ0v) is 13.2. The molecule has 23 heavy (non-hydrogen) atoms. The second kappa shape index (κ2) is 7.60. The fourth-order valence-electron chi connectivity index (χ4n) is 2.33. The normalized spacial score (nSPS) is 11.8. The largest absolute Gasteiger partial charge is 0.496 e. The molecule has 0 aromatic heterocycles. The Labute approximate surface area is 135 Å². The molecule has 0 amide bonds. The number of methoxy groups -OCH3 is 1. The molecule has 6 nitrogen and oxygen atoms in total. The Morgan fingerprint density at radius 2 is 1.96 bits per heavy atom. The number of nitro benzene ring substituents is 1. The maximum absolute atomic E-state index is 11.0. The van der Waals surface area contributed by atoms with Crippen molar-refractivity contribution in [2.45, 2.75) is 26.0 Å². The van der Waals surface area contributed by atoms with E-state index in [-0.39, 0.29) is 24.1 Å². The molecule has 0 fully saturated rings. The highest BCUT2D eigenvalue weighted by molar-refractivity contribution is 5.46. The number of hydrogen-bond donors (Lipinski definition) is 1. The maximum Gasteiger partial charge on any atom is 0.310 e. The third-order valence-corrected chi connectivity index (χ3v) is 3.35. The number of para-hydroxylation sites is 2. The van der Waals surface area contributed by atoms with Crippen LogP contribution in [0.4, 0.5) is 5.69 Å². The van der Waals surface area contributed by atoms with Gasteiger partial charge in [-0.15, -0.1) is 0 Å². The Bertz CT molecular complexity index is 686. The van der Waals surface area contributed by atoms with Gasteiger partial charge in [0.05, 0.1) is 12.0 Å². The van der Waals surface area contributed by atoms with Crippen molar-refractivity contribution in [3.8, 4) is 11.5 Å². The first-order valence-electron chi connectivity index (χ1n) is 7.29. The third-order valence-electron chi connectivity index (χ3n) is 3.35. The number of benzene rings is 2. The minimum absolute atomic E-state index is 0.0485. The van der Waals surface area contributed by atoms with E-state index in [1.807, 2.05) is 25.1 Å². The molecule has 0 aliphatic rings. The summed E-state index contributed by atoms with van der Waals surface area (Å²) in [6, 6.07) is 12.1. The van der Waals surface area contributed by atoms with E-state index in [0.29, 0.717) is 5.75 Å². The van der Waals surface area contributed by atoms with Crippen LogP contribution in [-0.4, -0.2) is 18.1 Å². The molecule has 0 saturated heterocycles. The lowest BCUT2D eigenvalue weighted by molar-refractivity contribution is -0.385. The molecule has 122 valence electrons. The highest BCUT2D eigenvalue weighted by Gasteiger charge is 2.15. The van der Waals surface area contributed by atoms with Gasteiger partial charge in [0, 0.05) is 17.7 Å². The Hall–Kier alpha value is -2.60. The Morgan fingerprint density at radius 1 is 1.22 bits per heavy atom. The van der Waals surface area contributed by atoms with Gasteiger partial charge in [-0.2, -0.15) is 0 Å². The van der Waals surface area contributed by atoms with Gasteiger partial charge in [-0.25, -0.2) is 0 Å². The fraction of sp³-hybridized carbons (Fsp3) is 0.294. The number of nitrogens with zero attached hydrogens (tertiary/aromatic N) is 1. The van der Waals surface area contributed by atoms with Crippen LogP contribution in [0.3, 0.4) is 0 Å². The van der Waals surface area contributed by atoms with Crippen LogP contribution in [-0.2, 0) is 13.0 Å². The van der Waals surface area contributed by atoms with Gasteiger partial charge in [-0.1, -0.05) is 18.2 Å². The molecular weight excluding hydrogens is 296 g/mol. The van der Waals surface area contributed by atoms with Crippen LogP contribution >= 0.6 is 0 Å². The van der Waals surface area contributed by atoms with Gasteiger partial charge in [0.2, 0.25) is 0 Å². The van der Waals surface area contributed by atoms with Crippen molar-refractivity contribution in [2.75, 3.05) is 7.11 Å². The van der Waals surface area contributed by atoms with Gasteiger partial charge in [-0.05, 0) is 37.1 Å². The standard InChI is InChI=1S/C17H20N2O4/c1-12(18)9-13-7-8-16(22-2)14(10-13)11-23-17-6-4-3-5-15(17)19(20)21/h3-8,10,12H,9,11,18H2,1-2H3. The molecule has 0 heterocycles. The summed E-state index contributed by atoms with van der Waals surface area (Å²) in [5, 5.41) is 11.0. The number of nitro groups is 1.